The number of rotatable bonds is 5. The quantitative estimate of drug-likeness (QED) is 0.781. The van der Waals surface area contributed by atoms with Gasteiger partial charge in [0.1, 0.15) is 23.7 Å². The molecule has 1 fully saturated rings. The second kappa shape index (κ2) is 6.48. The van der Waals surface area contributed by atoms with Gasteiger partial charge in [0.25, 0.3) is 0 Å². The van der Waals surface area contributed by atoms with Gasteiger partial charge in [0.05, 0.1) is 12.2 Å². The lowest BCUT2D eigenvalue weighted by Gasteiger charge is -2.22. The van der Waals surface area contributed by atoms with E-state index >= 15 is 0 Å². The van der Waals surface area contributed by atoms with E-state index in [4.69, 9.17) is 9.47 Å². The summed E-state index contributed by atoms with van der Waals surface area (Å²) in [6.45, 7) is 5.44. The summed E-state index contributed by atoms with van der Waals surface area (Å²) < 4.78 is 11.4. The first-order valence-electron chi connectivity index (χ1n) is 7.86. The third-order valence-corrected chi connectivity index (χ3v) is 4.22. The van der Waals surface area contributed by atoms with E-state index in [2.05, 4.69) is 4.90 Å². The van der Waals surface area contributed by atoms with E-state index in [1.807, 2.05) is 0 Å². The molecule has 118 valence electrons. The number of hydrogen-bond acceptors (Lipinski definition) is 5. The highest BCUT2D eigenvalue weighted by Crippen LogP contribution is 2.36. The minimum atomic E-state index is -0.102. The van der Waals surface area contributed by atoms with Crippen molar-refractivity contribution in [3.8, 4) is 11.5 Å². The monoisotopic (exact) mass is 303 g/mol. The van der Waals surface area contributed by atoms with Crippen LogP contribution in [0.4, 0.5) is 0 Å². The Morgan fingerprint density at radius 3 is 2.82 bits per heavy atom. The average Bonchev–Trinajstić information content (AvgIpc) is 3.00. The van der Waals surface area contributed by atoms with Crippen LogP contribution in [0.1, 0.15) is 46.9 Å². The van der Waals surface area contributed by atoms with Crippen molar-refractivity contribution in [1.29, 1.82) is 0 Å². The van der Waals surface area contributed by atoms with Gasteiger partial charge in [-0.15, -0.1) is 0 Å². The summed E-state index contributed by atoms with van der Waals surface area (Å²) in [5.74, 6) is 0.807. The molecule has 3 rings (SSSR count). The zero-order valence-electron chi connectivity index (χ0n) is 12.9. The molecule has 1 aromatic rings. The summed E-state index contributed by atoms with van der Waals surface area (Å²) in [5, 5.41) is 0. The standard InChI is InChI=1S/C17H21NO4/c1-12(19)13-4-5-15(16-14(20)6-10-22-17(13)16)21-11-9-18-7-2-3-8-18/h4-5H,2-3,6-11H2,1H3. The van der Waals surface area contributed by atoms with Crippen molar-refractivity contribution in [3.63, 3.8) is 0 Å². The molecular weight excluding hydrogens is 282 g/mol. The molecule has 5 nitrogen and oxygen atoms in total. The van der Waals surface area contributed by atoms with Crippen molar-refractivity contribution in [2.24, 2.45) is 0 Å². The van der Waals surface area contributed by atoms with E-state index in [1.165, 1.54) is 19.8 Å². The SMILES string of the molecule is CC(=O)c1ccc(OCCN2CCCC2)c2c1OCCC2=O. The second-order valence-electron chi connectivity index (χ2n) is 5.79. The van der Waals surface area contributed by atoms with Gasteiger partial charge in [-0.3, -0.25) is 14.5 Å². The van der Waals surface area contributed by atoms with Crippen LogP contribution in [-0.4, -0.2) is 49.3 Å². The van der Waals surface area contributed by atoms with Crippen LogP contribution in [0.2, 0.25) is 0 Å². The molecule has 0 saturated carbocycles. The van der Waals surface area contributed by atoms with Crippen molar-refractivity contribution in [3.05, 3.63) is 23.3 Å². The van der Waals surface area contributed by atoms with Gasteiger partial charge >= 0.3 is 0 Å². The van der Waals surface area contributed by atoms with Crippen LogP contribution in [0, 0.1) is 0 Å². The Kier molecular flexibility index (Phi) is 4.43. The summed E-state index contributed by atoms with van der Waals surface area (Å²) in [4.78, 5) is 26.3. The average molecular weight is 303 g/mol. The minimum Gasteiger partial charge on any atom is -0.491 e. The van der Waals surface area contributed by atoms with Crippen molar-refractivity contribution in [2.75, 3.05) is 32.8 Å². The fraction of sp³-hybridized carbons (Fsp3) is 0.529. The lowest BCUT2D eigenvalue weighted by Crippen LogP contribution is -2.26. The molecule has 5 heteroatoms. The number of ketones is 2. The van der Waals surface area contributed by atoms with Crippen LogP contribution in [0.25, 0.3) is 0 Å². The summed E-state index contributed by atoms with van der Waals surface area (Å²) in [6, 6.07) is 3.40. The normalized spacial score (nSPS) is 18.0. The fourth-order valence-corrected chi connectivity index (χ4v) is 3.04. The molecule has 22 heavy (non-hydrogen) atoms. The van der Waals surface area contributed by atoms with Crippen molar-refractivity contribution < 1.29 is 19.1 Å². The van der Waals surface area contributed by atoms with Crippen LogP contribution in [-0.2, 0) is 0 Å². The minimum absolute atomic E-state index is 0.0134. The number of fused-ring (bicyclic) bond motifs is 1. The molecule has 2 heterocycles. The Balaban J connectivity index is 1.78. The Morgan fingerprint density at radius 1 is 1.32 bits per heavy atom. The molecule has 0 unspecified atom stereocenters. The molecule has 0 radical (unpaired) electrons. The maximum Gasteiger partial charge on any atom is 0.173 e. The first-order valence-corrected chi connectivity index (χ1v) is 7.86. The van der Waals surface area contributed by atoms with Crippen molar-refractivity contribution >= 4 is 11.6 Å². The second-order valence-corrected chi connectivity index (χ2v) is 5.79. The number of carbonyl (C=O) groups is 2. The summed E-state index contributed by atoms with van der Waals surface area (Å²) in [6.07, 6.45) is 2.82. The van der Waals surface area contributed by atoms with Crippen LogP contribution in [0.5, 0.6) is 11.5 Å². The molecule has 0 bridgehead atoms. The lowest BCUT2D eigenvalue weighted by atomic mass is 9.98. The smallest absolute Gasteiger partial charge is 0.173 e. The molecule has 0 atom stereocenters. The third-order valence-electron chi connectivity index (χ3n) is 4.22. The van der Waals surface area contributed by atoms with Gasteiger partial charge in [0.15, 0.2) is 11.6 Å². The first kappa shape index (κ1) is 15.0. The van der Waals surface area contributed by atoms with Crippen LogP contribution in [0.15, 0.2) is 12.1 Å². The van der Waals surface area contributed by atoms with Crippen molar-refractivity contribution in [1.82, 2.24) is 4.90 Å². The number of likely N-dealkylation sites (tertiary alicyclic amines) is 1. The summed E-state index contributed by atoms with van der Waals surface area (Å²) in [5.41, 5.74) is 0.885. The molecule has 2 aliphatic heterocycles. The summed E-state index contributed by atoms with van der Waals surface area (Å²) in [7, 11) is 0. The molecule has 0 aliphatic carbocycles. The number of benzene rings is 1. The van der Waals surface area contributed by atoms with E-state index in [9.17, 15) is 9.59 Å². The zero-order chi connectivity index (χ0) is 15.5. The predicted molar refractivity (Wildman–Crippen MR) is 82.1 cm³/mol. The maximum atomic E-state index is 12.2. The fourth-order valence-electron chi connectivity index (χ4n) is 3.04. The topological polar surface area (TPSA) is 55.8 Å². The Hall–Kier alpha value is -1.88. The molecule has 1 saturated heterocycles. The number of carbonyl (C=O) groups excluding carboxylic acids is 2. The van der Waals surface area contributed by atoms with E-state index in [0.29, 0.717) is 42.3 Å². The van der Waals surface area contributed by atoms with Gasteiger partial charge in [0.2, 0.25) is 0 Å². The van der Waals surface area contributed by atoms with Gasteiger partial charge in [-0.2, -0.15) is 0 Å². The molecule has 0 N–H and O–H groups in total. The Labute approximate surface area is 130 Å². The number of hydrogen-bond donors (Lipinski definition) is 0. The van der Waals surface area contributed by atoms with E-state index in [0.717, 1.165) is 19.6 Å². The molecule has 1 aromatic carbocycles. The zero-order valence-corrected chi connectivity index (χ0v) is 12.9. The van der Waals surface area contributed by atoms with Crippen LogP contribution >= 0.6 is 0 Å². The highest BCUT2D eigenvalue weighted by atomic mass is 16.5. The van der Waals surface area contributed by atoms with E-state index in [-0.39, 0.29) is 11.6 Å². The van der Waals surface area contributed by atoms with Gasteiger partial charge < -0.3 is 9.47 Å². The molecule has 0 amide bonds. The highest BCUT2D eigenvalue weighted by Gasteiger charge is 2.27. The number of Topliss-reactive ketones (excluding diaryl/α,β-unsaturated/α-hetero) is 2. The van der Waals surface area contributed by atoms with Gasteiger partial charge in [0, 0.05) is 13.0 Å². The molecule has 2 aliphatic rings. The first-order chi connectivity index (χ1) is 10.7. The van der Waals surface area contributed by atoms with Crippen molar-refractivity contribution in [2.45, 2.75) is 26.2 Å². The molecule has 0 aromatic heterocycles. The number of ether oxygens (including phenoxy) is 2. The molecular formula is C17H21NO4. The molecule has 0 spiro atoms. The van der Waals surface area contributed by atoms with Gasteiger partial charge in [-0.25, -0.2) is 0 Å². The largest absolute Gasteiger partial charge is 0.491 e. The van der Waals surface area contributed by atoms with Crippen LogP contribution < -0.4 is 9.47 Å². The lowest BCUT2D eigenvalue weighted by molar-refractivity contribution is 0.0924. The van der Waals surface area contributed by atoms with Gasteiger partial charge in [-0.05, 0) is 45.0 Å². The van der Waals surface area contributed by atoms with E-state index in [1.54, 1.807) is 12.1 Å². The van der Waals surface area contributed by atoms with Gasteiger partial charge in [-0.1, -0.05) is 0 Å². The predicted octanol–water partition coefficient (Wildman–Crippen LogP) is 2.33. The Morgan fingerprint density at radius 2 is 2.09 bits per heavy atom. The Bertz CT molecular complexity index is 591. The third kappa shape index (κ3) is 2.99. The maximum absolute atomic E-state index is 12.2. The highest BCUT2D eigenvalue weighted by molar-refractivity contribution is 6.07. The van der Waals surface area contributed by atoms with E-state index < -0.39 is 0 Å². The number of nitrogens with zero attached hydrogens (tertiary/aromatic N) is 1. The van der Waals surface area contributed by atoms with Crippen LogP contribution in [0.3, 0.4) is 0 Å². The summed E-state index contributed by atoms with van der Waals surface area (Å²) >= 11 is 0.